The number of aromatic nitrogens is 3. The molecule has 2 saturated heterocycles. The van der Waals surface area contributed by atoms with Gasteiger partial charge in [-0.1, -0.05) is 6.07 Å². The second-order valence-electron chi connectivity index (χ2n) is 7.02. The molecule has 2 atom stereocenters. The van der Waals surface area contributed by atoms with E-state index >= 15 is 0 Å². The number of ether oxygens (including phenoxy) is 2. The van der Waals surface area contributed by atoms with Crippen LogP contribution in [0.4, 0.5) is 13.2 Å². The molecule has 166 valence electrons. The predicted octanol–water partition coefficient (Wildman–Crippen LogP) is 1.96. The second-order valence-corrected chi connectivity index (χ2v) is 7.02. The van der Waals surface area contributed by atoms with E-state index in [0.29, 0.717) is 31.1 Å². The Morgan fingerprint density at radius 3 is 2.61 bits per heavy atom. The smallest absolute Gasteiger partial charge is 0.475 e. The van der Waals surface area contributed by atoms with Crippen molar-refractivity contribution in [1.82, 2.24) is 20.1 Å². The second kappa shape index (κ2) is 9.25. The van der Waals surface area contributed by atoms with Crippen molar-refractivity contribution >= 4 is 11.9 Å². The molecule has 2 aromatic heterocycles. The number of rotatable bonds is 3. The molecule has 9 nitrogen and oxygen atoms in total. The Kier molecular flexibility index (Phi) is 6.68. The first-order valence-electron chi connectivity index (χ1n) is 9.26. The quantitative estimate of drug-likeness (QED) is 0.770. The number of nitrogens with zero attached hydrogens (tertiary/aromatic N) is 4. The molecule has 2 fully saturated rings. The van der Waals surface area contributed by atoms with E-state index in [0.717, 1.165) is 12.8 Å². The van der Waals surface area contributed by atoms with Crippen LogP contribution in [0.2, 0.25) is 0 Å². The molecule has 0 bridgehead atoms. The van der Waals surface area contributed by atoms with Gasteiger partial charge in [-0.2, -0.15) is 23.4 Å². The van der Waals surface area contributed by atoms with E-state index in [1.165, 1.54) is 12.4 Å². The third-order valence-electron chi connectivity index (χ3n) is 4.78. The Hall–Kier alpha value is -3.28. The number of carboxylic acids is 1. The van der Waals surface area contributed by atoms with Crippen LogP contribution in [0.25, 0.3) is 0 Å². The van der Waals surface area contributed by atoms with Crippen LogP contribution in [-0.4, -0.2) is 74.6 Å². The Labute approximate surface area is 174 Å². The molecular weight excluding hydrogens is 421 g/mol. The van der Waals surface area contributed by atoms with E-state index in [-0.39, 0.29) is 17.6 Å². The van der Waals surface area contributed by atoms with E-state index in [1.807, 2.05) is 23.1 Å². The third kappa shape index (κ3) is 5.87. The summed E-state index contributed by atoms with van der Waals surface area (Å²) in [6.45, 7) is 1.78. The normalized spacial score (nSPS) is 22.7. The molecule has 2 aliphatic heterocycles. The molecule has 1 amide bonds. The lowest BCUT2D eigenvalue weighted by Gasteiger charge is -2.23. The SMILES string of the molecule is O=C(O)C(F)(F)F.O=C(c1ccnnc1)N1CC[C@]2(C[C@H](Oc3ccccn3)CO2)C1. The molecule has 4 rings (SSSR count). The van der Waals surface area contributed by atoms with Crippen LogP contribution in [0, 0.1) is 0 Å². The average Bonchev–Trinajstić information content (AvgIpc) is 3.35. The van der Waals surface area contributed by atoms with Crippen LogP contribution in [0.3, 0.4) is 0 Å². The van der Waals surface area contributed by atoms with Crippen molar-refractivity contribution in [3.63, 3.8) is 0 Å². The molecule has 1 N–H and O–H groups in total. The summed E-state index contributed by atoms with van der Waals surface area (Å²) in [5, 5.41) is 14.6. The Morgan fingerprint density at radius 1 is 1.23 bits per heavy atom. The van der Waals surface area contributed by atoms with Gasteiger partial charge in [0.05, 0.1) is 36.7 Å². The van der Waals surface area contributed by atoms with Crippen LogP contribution in [0.5, 0.6) is 5.88 Å². The van der Waals surface area contributed by atoms with Gasteiger partial charge in [-0.3, -0.25) is 4.79 Å². The van der Waals surface area contributed by atoms with Crippen molar-refractivity contribution in [2.45, 2.75) is 30.7 Å². The van der Waals surface area contributed by atoms with Crippen molar-refractivity contribution in [3.05, 3.63) is 48.4 Å². The lowest BCUT2D eigenvalue weighted by Crippen LogP contribution is -2.36. The number of hydrogen-bond donors (Lipinski definition) is 1. The molecule has 4 heterocycles. The largest absolute Gasteiger partial charge is 0.490 e. The molecule has 0 aliphatic carbocycles. The topological polar surface area (TPSA) is 115 Å². The van der Waals surface area contributed by atoms with Gasteiger partial charge < -0.3 is 19.5 Å². The number of carbonyl (C=O) groups is 2. The first kappa shape index (κ1) is 22.4. The number of carbonyl (C=O) groups excluding carboxylic acids is 1. The van der Waals surface area contributed by atoms with E-state index in [1.54, 1.807) is 12.3 Å². The van der Waals surface area contributed by atoms with Crippen LogP contribution in [0.15, 0.2) is 42.9 Å². The van der Waals surface area contributed by atoms with E-state index in [4.69, 9.17) is 19.4 Å². The zero-order valence-electron chi connectivity index (χ0n) is 16.2. The maximum atomic E-state index is 12.5. The minimum Gasteiger partial charge on any atom is -0.475 e. The van der Waals surface area contributed by atoms with E-state index in [9.17, 15) is 18.0 Å². The minimum absolute atomic E-state index is 0.0283. The van der Waals surface area contributed by atoms with Crippen LogP contribution in [0.1, 0.15) is 23.2 Å². The summed E-state index contributed by atoms with van der Waals surface area (Å²) in [6.07, 6.45) is 1.20. The molecule has 2 aliphatic rings. The minimum atomic E-state index is -5.08. The lowest BCUT2D eigenvalue weighted by atomic mass is 9.98. The Balaban J connectivity index is 0.000000339. The molecule has 0 radical (unpaired) electrons. The number of aliphatic carboxylic acids is 1. The van der Waals surface area contributed by atoms with Gasteiger partial charge in [-0.15, -0.1) is 0 Å². The zero-order valence-corrected chi connectivity index (χ0v) is 16.2. The summed E-state index contributed by atoms with van der Waals surface area (Å²) < 4.78 is 43.6. The number of halogens is 3. The van der Waals surface area contributed by atoms with Gasteiger partial charge in [0.25, 0.3) is 5.91 Å². The lowest BCUT2D eigenvalue weighted by molar-refractivity contribution is -0.192. The van der Waals surface area contributed by atoms with Gasteiger partial charge in [-0.25, -0.2) is 9.78 Å². The van der Waals surface area contributed by atoms with Crippen molar-refractivity contribution < 1.29 is 37.3 Å². The van der Waals surface area contributed by atoms with Gasteiger partial charge in [0.15, 0.2) is 0 Å². The third-order valence-corrected chi connectivity index (χ3v) is 4.78. The molecule has 12 heteroatoms. The summed E-state index contributed by atoms with van der Waals surface area (Å²) in [5.74, 6) is -2.18. The molecule has 0 saturated carbocycles. The van der Waals surface area contributed by atoms with Gasteiger partial charge >= 0.3 is 12.1 Å². The van der Waals surface area contributed by atoms with E-state index in [2.05, 4.69) is 15.2 Å². The first-order chi connectivity index (χ1) is 14.7. The standard InChI is InChI=1S/C17H18N4O3.C2HF3O2/c22-16(13-4-7-19-20-10-13)21-8-5-17(12-21)9-14(11-23-17)24-15-3-1-2-6-18-15;3-2(4,5)1(6)7/h1-4,6-7,10,14H,5,8-9,11-12H2;(H,6,7)/t14-,17-;/m0./s1. The summed E-state index contributed by atoms with van der Waals surface area (Å²) >= 11 is 0. The molecule has 0 aromatic carbocycles. The number of carboxylic acid groups (broad SMARTS) is 1. The Morgan fingerprint density at radius 2 is 2.00 bits per heavy atom. The van der Waals surface area contributed by atoms with Crippen LogP contribution >= 0.6 is 0 Å². The zero-order chi connectivity index (χ0) is 22.5. The van der Waals surface area contributed by atoms with Crippen LogP contribution < -0.4 is 4.74 Å². The fraction of sp³-hybridized carbons (Fsp3) is 0.421. The molecule has 31 heavy (non-hydrogen) atoms. The Bertz CT molecular complexity index is 900. The maximum Gasteiger partial charge on any atom is 0.490 e. The fourth-order valence-electron chi connectivity index (χ4n) is 3.37. The summed E-state index contributed by atoms with van der Waals surface area (Å²) in [5.41, 5.74) is 0.247. The number of likely N-dealkylation sites (tertiary alicyclic amines) is 1. The fourth-order valence-corrected chi connectivity index (χ4v) is 3.37. The average molecular weight is 440 g/mol. The number of amides is 1. The van der Waals surface area contributed by atoms with Crippen LogP contribution in [-0.2, 0) is 9.53 Å². The number of alkyl halides is 3. The number of hydrogen-bond acceptors (Lipinski definition) is 7. The van der Waals surface area contributed by atoms with Crippen molar-refractivity contribution in [1.29, 1.82) is 0 Å². The van der Waals surface area contributed by atoms with Crippen molar-refractivity contribution in [3.8, 4) is 5.88 Å². The van der Waals surface area contributed by atoms with Gasteiger partial charge in [-0.05, 0) is 18.6 Å². The molecule has 0 unspecified atom stereocenters. The first-order valence-corrected chi connectivity index (χ1v) is 9.26. The maximum absolute atomic E-state index is 12.5. The van der Waals surface area contributed by atoms with Gasteiger partial charge in [0.2, 0.25) is 5.88 Å². The predicted molar refractivity (Wildman–Crippen MR) is 98.2 cm³/mol. The summed E-state index contributed by atoms with van der Waals surface area (Å²) in [6, 6.07) is 7.27. The highest BCUT2D eigenvalue weighted by atomic mass is 19.4. The van der Waals surface area contributed by atoms with Crippen molar-refractivity contribution in [2.75, 3.05) is 19.7 Å². The van der Waals surface area contributed by atoms with Crippen molar-refractivity contribution in [2.24, 2.45) is 0 Å². The van der Waals surface area contributed by atoms with E-state index < -0.39 is 12.1 Å². The summed E-state index contributed by atoms with van der Waals surface area (Å²) in [7, 11) is 0. The highest BCUT2D eigenvalue weighted by Crippen LogP contribution is 2.36. The molecule has 1 spiro atoms. The highest BCUT2D eigenvalue weighted by Gasteiger charge is 2.47. The highest BCUT2D eigenvalue weighted by molar-refractivity contribution is 5.94. The number of pyridine rings is 1. The monoisotopic (exact) mass is 440 g/mol. The molecular formula is C19H19F3N4O5. The molecule has 2 aromatic rings. The summed E-state index contributed by atoms with van der Waals surface area (Å²) in [4.78, 5) is 27.4. The van der Waals surface area contributed by atoms with Gasteiger partial charge in [0.1, 0.15) is 6.10 Å². The van der Waals surface area contributed by atoms with Gasteiger partial charge in [0, 0.05) is 25.2 Å².